The molecule has 0 nitrogen and oxygen atoms in total. The van der Waals surface area contributed by atoms with Crippen LogP contribution in [-0.2, 0) is 25.8 Å². The number of allylic oxidation sites excluding steroid dienone is 4. The van der Waals surface area contributed by atoms with Gasteiger partial charge in [-0.25, -0.2) is 0 Å². The molecule has 0 unspecified atom stereocenters. The van der Waals surface area contributed by atoms with Crippen LogP contribution in [-0.4, -0.2) is 5.43 Å². The summed E-state index contributed by atoms with van der Waals surface area (Å²) in [7, 11) is 18.3. The van der Waals surface area contributed by atoms with Gasteiger partial charge < -0.3 is 0 Å². The average molecular weight is 867 g/mol. The molecule has 0 heterocycles. The molecule has 0 fully saturated rings. The second-order valence-electron chi connectivity index (χ2n) is 18.2. The number of fused-ring (bicyclic) bond motifs is 3. The van der Waals surface area contributed by atoms with E-state index in [2.05, 4.69) is 213 Å². The average Bonchev–Trinajstić information content (AvgIpc) is 3.84. The van der Waals surface area contributed by atoms with E-state index in [9.17, 15) is 0 Å². The van der Waals surface area contributed by atoms with Gasteiger partial charge in [0.2, 0.25) is 0 Å². The normalized spacial score (nSPS) is 14.6. The Balaban J connectivity index is 1.61. The van der Waals surface area contributed by atoms with Gasteiger partial charge >= 0.3 is 346 Å². The van der Waals surface area contributed by atoms with E-state index >= 15 is 0 Å². The number of rotatable bonds is 6. The van der Waals surface area contributed by atoms with Crippen molar-refractivity contribution < 1.29 is 15.0 Å². The van der Waals surface area contributed by atoms with Gasteiger partial charge in [-0.05, 0) is 0 Å². The van der Waals surface area contributed by atoms with Gasteiger partial charge in [-0.3, -0.25) is 0 Å². The molecule has 0 amide bonds. The third-order valence-electron chi connectivity index (χ3n) is 12.1. The Kier molecular flexibility index (Phi) is 10.1. The molecule has 0 aromatic heterocycles. The van der Waals surface area contributed by atoms with Crippen LogP contribution in [0.4, 0.5) is 0 Å². The Bertz CT molecular complexity index is 2430. The van der Waals surface area contributed by atoms with Gasteiger partial charge in [-0.1, -0.05) is 0 Å². The Morgan fingerprint density at radius 1 is 0.482 bits per heavy atom. The molecule has 6 aromatic carbocycles. The van der Waals surface area contributed by atoms with Crippen LogP contribution < -0.4 is 10.4 Å². The quantitative estimate of drug-likeness (QED) is 0.146. The van der Waals surface area contributed by atoms with E-state index in [1.807, 2.05) is 0 Å². The van der Waals surface area contributed by atoms with E-state index in [1.165, 1.54) is 77.1 Å². The number of aryl methyl sites for hydroxylation is 2. The van der Waals surface area contributed by atoms with Crippen molar-refractivity contribution in [2.24, 2.45) is 0 Å². The summed E-state index contributed by atoms with van der Waals surface area (Å²) < 4.78 is -0.239. The van der Waals surface area contributed by atoms with E-state index in [1.54, 1.807) is 0 Å². The van der Waals surface area contributed by atoms with Crippen molar-refractivity contribution in [1.82, 2.24) is 0 Å². The Morgan fingerprint density at radius 2 is 0.857 bits per heavy atom. The fraction of sp³-hybridized carbons (Fsp3) is 0.231. The van der Waals surface area contributed by atoms with Crippen molar-refractivity contribution in [3.05, 3.63) is 191 Å². The van der Waals surface area contributed by atoms with Gasteiger partial charge in [-0.2, -0.15) is 0 Å². The summed E-state index contributed by atoms with van der Waals surface area (Å²) in [6.45, 7) is 18.4. The van der Waals surface area contributed by atoms with Gasteiger partial charge in [0.1, 0.15) is 0 Å². The Morgan fingerprint density at radius 3 is 1.21 bits per heavy atom. The number of hydrogen-bond donors (Lipinski definition) is 0. The van der Waals surface area contributed by atoms with Crippen LogP contribution in [0.5, 0.6) is 0 Å². The summed E-state index contributed by atoms with van der Waals surface area (Å²) in [6.07, 6.45) is 9.03. The number of benzene rings is 6. The maximum absolute atomic E-state index is 9.15. The molecular weight excluding hydrogens is 815 g/mol. The Hall–Kier alpha value is -3.52. The van der Waals surface area contributed by atoms with Crippen LogP contribution in [0.1, 0.15) is 78.5 Å². The molecule has 0 saturated carbocycles. The summed E-state index contributed by atoms with van der Waals surface area (Å²) in [4.78, 5) is 0. The second-order valence-corrected chi connectivity index (χ2v) is 53.4. The van der Waals surface area contributed by atoms with E-state index in [-0.39, 0.29) is 18.1 Å². The van der Waals surface area contributed by atoms with Crippen LogP contribution in [0, 0.1) is 13.8 Å². The fourth-order valence-corrected chi connectivity index (χ4v) is 50.0. The zero-order chi connectivity index (χ0) is 39.6. The van der Waals surface area contributed by atoms with Crippen molar-refractivity contribution in [2.75, 3.05) is 0 Å². The van der Waals surface area contributed by atoms with E-state index < -0.39 is 20.4 Å². The molecule has 2 aliphatic carbocycles. The predicted octanol–water partition coefficient (Wildman–Crippen LogP) is 14.0. The van der Waals surface area contributed by atoms with Crippen molar-refractivity contribution in [2.45, 2.75) is 73.5 Å². The molecule has 0 radical (unpaired) electrons. The molecule has 56 heavy (non-hydrogen) atoms. The van der Waals surface area contributed by atoms with Gasteiger partial charge in [0.05, 0.1) is 0 Å². The van der Waals surface area contributed by atoms with Crippen LogP contribution in [0.15, 0.2) is 158 Å². The summed E-state index contributed by atoms with van der Waals surface area (Å²) >= 11 is -5.46. The molecule has 2 aliphatic rings. The van der Waals surface area contributed by atoms with Crippen molar-refractivity contribution >= 4 is 32.8 Å². The summed E-state index contributed by atoms with van der Waals surface area (Å²) in [5, 5.41) is 2.57. The Labute approximate surface area is 343 Å². The second kappa shape index (κ2) is 14.4. The molecule has 0 bridgehead atoms. The van der Waals surface area contributed by atoms with E-state index in [4.69, 9.17) is 17.0 Å². The van der Waals surface area contributed by atoms with E-state index in [0.29, 0.717) is 0 Å². The number of halogens is 2. The molecule has 0 saturated heterocycles. The van der Waals surface area contributed by atoms with Crippen molar-refractivity contribution in [1.29, 1.82) is 0 Å². The first kappa shape index (κ1) is 39.3. The SMILES string of the molecule is Cc1ccc([Si](c2ccc(C)cc2)=[Zr]([Cl])([Cl])([CH]2C=CC=C2)[CH]2c3cc(-c4ccccc4)c(C(C)(C)C)cc3-c3cc(C(C)(C)C)c(-c4ccccc4)cc32)cc1. The van der Waals surface area contributed by atoms with Crippen molar-refractivity contribution in [3.8, 4) is 33.4 Å². The molecule has 0 spiro atoms. The molecular formula is C52H52Cl2SiZr. The van der Waals surface area contributed by atoms with Crippen LogP contribution in [0.3, 0.4) is 0 Å². The monoisotopic (exact) mass is 864 g/mol. The standard InChI is InChI=1S/C33H33.C14H14Si.C5H5.2ClH.Zr/c1-32(2,3)30-20-26-24(18-28(30)22-13-9-7-10-14-22)17-25-19-29(23-15-11-8-12-16-23)31(21-27(25)26)33(4,5)6;1-11-3-7-13(8-4-11)15-14-9-5-12(2)6-10-14;1-2-4-5-3-1;;;/h7-21H,1-6H3;3-10H,1-2H3;1-5H;2*1H;/q;;;;;+2/p-2. The summed E-state index contributed by atoms with van der Waals surface area (Å²) in [6, 6.07) is 50.2. The molecule has 0 atom stereocenters. The molecule has 0 N–H and O–H groups in total. The molecule has 282 valence electrons. The first-order valence-corrected chi connectivity index (χ1v) is 34.3. The van der Waals surface area contributed by atoms with Crippen LogP contribution in [0.25, 0.3) is 33.4 Å². The predicted molar refractivity (Wildman–Crippen MR) is 243 cm³/mol. The van der Waals surface area contributed by atoms with Crippen LogP contribution >= 0.6 is 17.0 Å². The van der Waals surface area contributed by atoms with Crippen LogP contribution in [0.2, 0.25) is 3.63 Å². The zero-order valence-corrected chi connectivity index (χ0v) is 38.9. The fourth-order valence-electron chi connectivity index (χ4n) is 9.32. The van der Waals surface area contributed by atoms with Gasteiger partial charge in [0, 0.05) is 0 Å². The minimum atomic E-state index is -5.46. The number of hydrogen-bond acceptors (Lipinski definition) is 0. The minimum absolute atomic E-state index is 0.0648. The van der Waals surface area contributed by atoms with Gasteiger partial charge in [0.25, 0.3) is 0 Å². The molecule has 4 heteroatoms. The third-order valence-corrected chi connectivity index (χ3v) is 50.2. The summed E-state index contributed by atoms with van der Waals surface area (Å²) in [5.74, 6) is 0. The topological polar surface area (TPSA) is 0 Å². The van der Waals surface area contributed by atoms with Crippen molar-refractivity contribution in [3.63, 3.8) is 0 Å². The van der Waals surface area contributed by atoms with Gasteiger partial charge in [-0.15, -0.1) is 0 Å². The first-order valence-electron chi connectivity index (χ1n) is 20.0. The third kappa shape index (κ3) is 6.73. The first-order chi connectivity index (χ1) is 26.5. The molecule has 8 rings (SSSR count). The molecule has 0 aliphatic heterocycles. The molecule has 6 aromatic rings. The summed E-state index contributed by atoms with van der Waals surface area (Å²) in [5.41, 5.74) is 13.2. The zero-order valence-electron chi connectivity index (χ0n) is 33.9. The van der Waals surface area contributed by atoms with E-state index in [0.717, 1.165) is 0 Å². The van der Waals surface area contributed by atoms with Gasteiger partial charge in [0.15, 0.2) is 0 Å². The maximum atomic E-state index is 9.15.